The predicted molar refractivity (Wildman–Crippen MR) is 48.1 cm³/mol. The van der Waals surface area contributed by atoms with Crippen LogP contribution in [0.15, 0.2) is 31.1 Å². The fraction of sp³-hybridized carbons (Fsp3) is 0.222. The predicted octanol–water partition coefficient (Wildman–Crippen LogP) is 1.03. The highest BCUT2D eigenvalue weighted by atomic mass is 15.0. The van der Waals surface area contributed by atoms with E-state index >= 15 is 0 Å². The first kappa shape index (κ1) is 7.91. The second kappa shape index (κ2) is 3.35. The van der Waals surface area contributed by atoms with E-state index in [2.05, 4.69) is 15.0 Å². The van der Waals surface area contributed by atoms with Gasteiger partial charge in [-0.2, -0.15) is 0 Å². The zero-order valence-electron chi connectivity index (χ0n) is 7.38. The lowest BCUT2D eigenvalue weighted by Gasteiger charge is -2.00. The molecule has 66 valence electrons. The summed E-state index contributed by atoms with van der Waals surface area (Å²) in [5, 5.41) is 0. The summed E-state index contributed by atoms with van der Waals surface area (Å²) in [7, 11) is 0. The highest BCUT2D eigenvalue weighted by molar-refractivity contribution is 5.05. The topological polar surface area (TPSA) is 43.6 Å². The zero-order chi connectivity index (χ0) is 9.10. The van der Waals surface area contributed by atoms with E-state index in [0.717, 1.165) is 17.9 Å². The van der Waals surface area contributed by atoms with Gasteiger partial charge in [0.05, 0.1) is 12.9 Å². The standard InChI is InChI=1S/C9H10N4/c1-8-11-4-9(5-12-8)6-13-3-2-10-7-13/h2-5,7H,6H2,1H3. The maximum atomic E-state index is 4.11. The van der Waals surface area contributed by atoms with Gasteiger partial charge in [-0.25, -0.2) is 15.0 Å². The van der Waals surface area contributed by atoms with Gasteiger partial charge < -0.3 is 4.57 Å². The molecule has 0 aliphatic carbocycles. The van der Waals surface area contributed by atoms with Crippen LogP contribution in [-0.4, -0.2) is 19.5 Å². The van der Waals surface area contributed by atoms with Gasteiger partial charge in [-0.15, -0.1) is 0 Å². The number of aromatic nitrogens is 4. The van der Waals surface area contributed by atoms with Crippen LogP contribution in [0.2, 0.25) is 0 Å². The molecular formula is C9H10N4. The number of nitrogens with zero attached hydrogens (tertiary/aromatic N) is 4. The van der Waals surface area contributed by atoms with Gasteiger partial charge in [0, 0.05) is 30.4 Å². The smallest absolute Gasteiger partial charge is 0.125 e. The van der Waals surface area contributed by atoms with Crippen LogP contribution in [-0.2, 0) is 6.54 Å². The van der Waals surface area contributed by atoms with Gasteiger partial charge in [-0.3, -0.25) is 0 Å². The number of imidazole rings is 1. The molecule has 0 bridgehead atoms. The Hall–Kier alpha value is -1.71. The number of hydrogen-bond donors (Lipinski definition) is 0. The highest BCUT2D eigenvalue weighted by Crippen LogP contribution is 1.98. The Labute approximate surface area is 76.3 Å². The Morgan fingerprint density at radius 2 is 2.08 bits per heavy atom. The molecular weight excluding hydrogens is 164 g/mol. The van der Waals surface area contributed by atoms with E-state index in [0.29, 0.717) is 0 Å². The molecule has 0 saturated heterocycles. The molecule has 0 spiro atoms. The molecule has 0 aromatic carbocycles. The van der Waals surface area contributed by atoms with Crippen LogP contribution in [0.5, 0.6) is 0 Å². The first-order valence-corrected chi connectivity index (χ1v) is 4.08. The van der Waals surface area contributed by atoms with Crippen molar-refractivity contribution in [2.75, 3.05) is 0 Å². The molecule has 0 fully saturated rings. The normalized spacial score (nSPS) is 10.2. The lowest BCUT2D eigenvalue weighted by Crippen LogP contribution is -1.98. The summed E-state index contributed by atoms with van der Waals surface area (Å²) in [6.07, 6.45) is 9.12. The first-order valence-electron chi connectivity index (χ1n) is 4.08. The average molecular weight is 174 g/mol. The second-order valence-corrected chi connectivity index (χ2v) is 2.87. The van der Waals surface area contributed by atoms with E-state index in [-0.39, 0.29) is 0 Å². The summed E-state index contributed by atoms with van der Waals surface area (Å²) in [6.45, 7) is 2.65. The van der Waals surface area contributed by atoms with Crippen molar-refractivity contribution < 1.29 is 0 Å². The van der Waals surface area contributed by atoms with Crippen molar-refractivity contribution in [3.63, 3.8) is 0 Å². The summed E-state index contributed by atoms with van der Waals surface area (Å²) >= 11 is 0. The van der Waals surface area contributed by atoms with Crippen LogP contribution >= 0.6 is 0 Å². The van der Waals surface area contributed by atoms with Crippen LogP contribution in [0.3, 0.4) is 0 Å². The molecule has 2 aromatic heterocycles. The van der Waals surface area contributed by atoms with Crippen molar-refractivity contribution in [2.24, 2.45) is 0 Å². The molecule has 13 heavy (non-hydrogen) atoms. The average Bonchev–Trinajstić information content (AvgIpc) is 2.62. The molecule has 0 amide bonds. The summed E-state index contributed by atoms with van der Waals surface area (Å²) < 4.78 is 1.98. The second-order valence-electron chi connectivity index (χ2n) is 2.87. The van der Waals surface area contributed by atoms with Crippen LogP contribution in [0.4, 0.5) is 0 Å². The lowest BCUT2D eigenvalue weighted by molar-refractivity contribution is 0.784. The van der Waals surface area contributed by atoms with Crippen molar-refractivity contribution in [1.29, 1.82) is 0 Å². The Kier molecular flexibility index (Phi) is 2.04. The van der Waals surface area contributed by atoms with Gasteiger partial charge in [0.2, 0.25) is 0 Å². The minimum atomic E-state index is 0.778. The molecule has 2 heterocycles. The number of rotatable bonds is 2. The maximum Gasteiger partial charge on any atom is 0.125 e. The molecule has 4 nitrogen and oxygen atoms in total. The molecule has 0 unspecified atom stereocenters. The third-order valence-electron chi connectivity index (χ3n) is 1.76. The van der Waals surface area contributed by atoms with E-state index in [1.165, 1.54) is 0 Å². The Bertz CT molecular complexity index is 363. The van der Waals surface area contributed by atoms with E-state index in [4.69, 9.17) is 0 Å². The van der Waals surface area contributed by atoms with E-state index in [1.54, 1.807) is 12.5 Å². The minimum Gasteiger partial charge on any atom is -0.333 e. The first-order chi connectivity index (χ1) is 6.34. The van der Waals surface area contributed by atoms with E-state index < -0.39 is 0 Å². The third kappa shape index (κ3) is 1.90. The molecule has 0 saturated carbocycles. The van der Waals surface area contributed by atoms with Crippen LogP contribution in [0.1, 0.15) is 11.4 Å². The van der Waals surface area contributed by atoms with Crippen molar-refractivity contribution in [1.82, 2.24) is 19.5 Å². The Morgan fingerprint density at radius 3 is 2.69 bits per heavy atom. The van der Waals surface area contributed by atoms with Gasteiger partial charge in [0.1, 0.15) is 5.82 Å². The van der Waals surface area contributed by atoms with Crippen LogP contribution < -0.4 is 0 Å². The van der Waals surface area contributed by atoms with Gasteiger partial charge in [-0.1, -0.05) is 0 Å². The molecule has 4 heteroatoms. The SMILES string of the molecule is Cc1ncc(Cn2ccnc2)cn1. The van der Waals surface area contributed by atoms with Crippen LogP contribution in [0.25, 0.3) is 0 Å². The van der Waals surface area contributed by atoms with Gasteiger partial charge >= 0.3 is 0 Å². The summed E-state index contributed by atoms with van der Waals surface area (Å²) in [5.41, 5.74) is 1.09. The zero-order valence-corrected chi connectivity index (χ0v) is 7.38. The van der Waals surface area contributed by atoms with Crippen molar-refractivity contribution >= 4 is 0 Å². The van der Waals surface area contributed by atoms with Gasteiger partial charge in [0.25, 0.3) is 0 Å². The fourth-order valence-corrected chi connectivity index (χ4v) is 1.09. The summed E-state index contributed by atoms with van der Waals surface area (Å²) in [5.74, 6) is 0.800. The largest absolute Gasteiger partial charge is 0.333 e. The maximum absolute atomic E-state index is 4.11. The third-order valence-corrected chi connectivity index (χ3v) is 1.76. The van der Waals surface area contributed by atoms with Crippen molar-refractivity contribution in [3.8, 4) is 0 Å². The minimum absolute atomic E-state index is 0.778. The summed E-state index contributed by atoms with van der Waals surface area (Å²) in [4.78, 5) is 12.2. The van der Waals surface area contributed by atoms with E-state index in [1.807, 2.05) is 30.1 Å². The quantitative estimate of drug-likeness (QED) is 0.683. The molecule has 0 atom stereocenters. The highest BCUT2D eigenvalue weighted by Gasteiger charge is 1.94. The van der Waals surface area contributed by atoms with Gasteiger partial charge in [-0.05, 0) is 6.92 Å². The van der Waals surface area contributed by atoms with Crippen molar-refractivity contribution in [3.05, 3.63) is 42.5 Å². The van der Waals surface area contributed by atoms with Gasteiger partial charge in [0.15, 0.2) is 0 Å². The van der Waals surface area contributed by atoms with Crippen molar-refractivity contribution in [2.45, 2.75) is 13.5 Å². The molecule has 2 rings (SSSR count). The lowest BCUT2D eigenvalue weighted by atomic mass is 10.3. The summed E-state index contributed by atoms with van der Waals surface area (Å²) in [6, 6.07) is 0. The molecule has 0 N–H and O–H groups in total. The van der Waals surface area contributed by atoms with E-state index in [9.17, 15) is 0 Å². The Balaban J connectivity index is 2.15. The number of aryl methyl sites for hydroxylation is 1. The monoisotopic (exact) mass is 174 g/mol. The van der Waals surface area contributed by atoms with Crippen LogP contribution in [0, 0.1) is 6.92 Å². The number of hydrogen-bond acceptors (Lipinski definition) is 3. The Morgan fingerprint density at radius 1 is 1.31 bits per heavy atom. The molecule has 0 aliphatic rings. The molecule has 2 aromatic rings. The molecule has 0 radical (unpaired) electrons. The molecule has 0 aliphatic heterocycles. The fourth-order valence-electron chi connectivity index (χ4n) is 1.09.